The molecule has 0 saturated heterocycles. The lowest BCUT2D eigenvalue weighted by atomic mass is 10.2. The summed E-state index contributed by atoms with van der Waals surface area (Å²) in [5, 5.41) is 14.7. The number of carboxylic acid groups (broad SMARTS) is 1. The minimum atomic E-state index is -1.02. The summed E-state index contributed by atoms with van der Waals surface area (Å²) in [4.78, 5) is 22.1. The Morgan fingerprint density at radius 3 is 2.67 bits per heavy atom. The minimum Gasteiger partial charge on any atom is -0.478 e. The van der Waals surface area contributed by atoms with Crippen molar-refractivity contribution in [2.45, 2.75) is 19.9 Å². The first-order chi connectivity index (χ1) is 10.1. The van der Waals surface area contributed by atoms with E-state index in [2.05, 4.69) is 10.6 Å². The molecule has 2 rings (SSSR count). The number of rotatable bonds is 6. The van der Waals surface area contributed by atoms with Crippen molar-refractivity contribution in [2.75, 3.05) is 10.6 Å². The summed E-state index contributed by atoms with van der Waals surface area (Å²) in [6.45, 7) is 2.15. The molecule has 0 aliphatic heterocycles. The molecule has 1 aromatic carbocycles. The number of hydrogen-bond donors (Lipinski definition) is 3. The predicted molar refractivity (Wildman–Crippen MR) is 78.4 cm³/mol. The Balaban J connectivity index is 1.97. The van der Waals surface area contributed by atoms with Crippen LogP contribution in [-0.2, 0) is 11.3 Å². The number of carboxylic acids is 1. The molecule has 0 bridgehead atoms. The van der Waals surface area contributed by atoms with Gasteiger partial charge in [-0.3, -0.25) is 4.79 Å². The average Bonchev–Trinajstić information content (AvgIpc) is 2.94. The zero-order valence-electron chi connectivity index (χ0n) is 11.6. The molecule has 110 valence electrons. The monoisotopic (exact) mass is 288 g/mol. The van der Waals surface area contributed by atoms with Crippen LogP contribution in [0.1, 0.15) is 29.5 Å². The highest BCUT2D eigenvalue weighted by Gasteiger charge is 2.08. The molecular formula is C15H16N2O4. The standard InChI is InChI=1S/C15H16N2O4/c1-2-14(18)17-12-5-3-4-11(7-12)16-8-13-6-10(9-21-13)15(19)20/h3-7,9,16H,2,8H2,1H3,(H,17,18)(H,19,20). The molecule has 0 atom stereocenters. The maximum absolute atomic E-state index is 11.3. The van der Waals surface area contributed by atoms with Gasteiger partial charge in [-0.05, 0) is 24.3 Å². The molecule has 0 radical (unpaired) electrons. The molecule has 1 amide bonds. The second kappa shape index (κ2) is 6.60. The van der Waals surface area contributed by atoms with E-state index in [4.69, 9.17) is 9.52 Å². The first-order valence-electron chi connectivity index (χ1n) is 6.53. The first-order valence-corrected chi connectivity index (χ1v) is 6.53. The predicted octanol–water partition coefficient (Wildman–Crippen LogP) is 2.94. The Kier molecular flexibility index (Phi) is 4.61. The lowest BCUT2D eigenvalue weighted by molar-refractivity contribution is -0.115. The number of anilines is 2. The summed E-state index contributed by atoms with van der Waals surface area (Å²) >= 11 is 0. The van der Waals surface area contributed by atoms with Gasteiger partial charge in [0.1, 0.15) is 12.0 Å². The van der Waals surface area contributed by atoms with Crippen molar-refractivity contribution in [3.05, 3.63) is 47.9 Å². The molecule has 2 aromatic rings. The van der Waals surface area contributed by atoms with Crippen molar-refractivity contribution in [2.24, 2.45) is 0 Å². The van der Waals surface area contributed by atoms with E-state index in [0.29, 0.717) is 24.4 Å². The van der Waals surface area contributed by atoms with Crippen molar-refractivity contribution in [3.63, 3.8) is 0 Å². The van der Waals surface area contributed by atoms with Crippen molar-refractivity contribution in [3.8, 4) is 0 Å². The number of benzene rings is 1. The Bertz CT molecular complexity index is 649. The van der Waals surface area contributed by atoms with Gasteiger partial charge in [0.05, 0.1) is 12.1 Å². The van der Waals surface area contributed by atoms with Gasteiger partial charge in [-0.15, -0.1) is 0 Å². The zero-order valence-corrected chi connectivity index (χ0v) is 11.6. The Labute approximate surface area is 121 Å². The van der Waals surface area contributed by atoms with E-state index in [0.717, 1.165) is 5.69 Å². The number of carbonyl (C=O) groups excluding carboxylic acids is 1. The summed E-state index contributed by atoms with van der Waals surface area (Å²) in [6, 6.07) is 8.74. The third-order valence-electron chi connectivity index (χ3n) is 2.83. The molecule has 6 nitrogen and oxygen atoms in total. The fraction of sp³-hybridized carbons (Fsp3) is 0.200. The molecule has 0 unspecified atom stereocenters. The Hall–Kier alpha value is -2.76. The molecule has 6 heteroatoms. The molecule has 1 aromatic heterocycles. The highest BCUT2D eigenvalue weighted by Crippen LogP contribution is 2.17. The van der Waals surface area contributed by atoms with E-state index < -0.39 is 5.97 Å². The fourth-order valence-electron chi connectivity index (χ4n) is 1.73. The smallest absolute Gasteiger partial charge is 0.338 e. The molecule has 0 spiro atoms. The van der Waals surface area contributed by atoms with Gasteiger partial charge in [0, 0.05) is 17.8 Å². The van der Waals surface area contributed by atoms with Crippen molar-refractivity contribution in [1.82, 2.24) is 0 Å². The van der Waals surface area contributed by atoms with Gasteiger partial charge in [-0.2, -0.15) is 0 Å². The molecular weight excluding hydrogens is 272 g/mol. The normalized spacial score (nSPS) is 10.1. The van der Waals surface area contributed by atoms with Gasteiger partial charge < -0.3 is 20.2 Å². The Morgan fingerprint density at radius 2 is 2.00 bits per heavy atom. The van der Waals surface area contributed by atoms with Gasteiger partial charge in [-0.1, -0.05) is 13.0 Å². The summed E-state index contributed by atoms with van der Waals surface area (Å²) in [6.07, 6.45) is 1.62. The zero-order chi connectivity index (χ0) is 15.2. The van der Waals surface area contributed by atoms with Crippen LogP contribution in [0.15, 0.2) is 41.0 Å². The molecule has 3 N–H and O–H groups in total. The van der Waals surface area contributed by atoms with E-state index in [-0.39, 0.29) is 11.5 Å². The van der Waals surface area contributed by atoms with Gasteiger partial charge in [0.25, 0.3) is 0 Å². The van der Waals surface area contributed by atoms with E-state index in [1.807, 2.05) is 12.1 Å². The van der Waals surface area contributed by atoms with Crippen molar-refractivity contribution in [1.29, 1.82) is 0 Å². The maximum atomic E-state index is 11.3. The highest BCUT2D eigenvalue weighted by molar-refractivity contribution is 5.91. The maximum Gasteiger partial charge on any atom is 0.338 e. The van der Waals surface area contributed by atoms with Gasteiger partial charge in [0.2, 0.25) is 5.91 Å². The van der Waals surface area contributed by atoms with Crippen molar-refractivity contribution < 1.29 is 19.1 Å². The minimum absolute atomic E-state index is 0.0516. The lowest BCUT2D eigenvalue weighted by Gasteiger charge is -2.08. The molecule has 0 aliphatic carbocycles. The second-order valence-corrected chi connectivity index (χ2v) is 4.44. The first kappa shape index (κ1) is 14.6. The fourth-order valence-corrected chi connectivity index (χ4v) is 1.73. The van der Waals surface area contributed by atoms with Gasteiger partial charge in [-0.25, -0.2) is 4.79 Å². The van der Waals surface area contributed by atoms with E-state index in [1.54, 1.807) is 19.1 Å². The van der Waals surface area contributed by atoms with Gasteiger partial charge >= 0.3 is 5.97 Å². The van der Waals surface area contributed by atoms with Gasteiger partial charge in [0.15, 0.2) is 0 Å². The summed E-state index contributed by atoms with van der Waals surface area (Å²) < 4.78 is 5.15. The average molecular weight is 288 g/mol. The lowest BCUT2D eigenvalue weighted by Crippen LogP contribution is -2.09. The quantitative estimate of drug-likeness (QED) is 0.760. The number of furan rings is 1. The number of nitrogens with one attached hydrogen (secondary N) is 2. The number of aromatic carboxylic acids is 1. The second-order valence-electron chi connectivity index (χ2n) is 4.44. The van der Waals surface area contributed by atoms with E-state index in [9.17, 15) is 9.59 Å². The summed E-state index contributed by atoms with van der Waals surface area (Å²) in [5.41, 5.74) is 1.63. The molecule has 21 heavy (non-hydrogen) atoms. The molecule has 0 aliphatic rings. The molecule has 0 saturated carbocycles. The summed E-state index contributed by atoms with van der Waals surface area (Å²) in [7, 11) is 0. The third-order valence-corrected chi connectivity index (χ3v) is 2.83. The number of amides is 1. The third kappa shape index (κ3) is 4.10. The van der Waals surface area contributed by atoms with E-state index >= 15 is 0 Å². The van der Waals surface area contributed by atoms with Crippen LogP contribution >= 0.6 is 0 Å². The molecule has 0 fully saturated rings. The number of hydrogen-bond acceptors (Lipinski definition) is 4. The van der Waals surface area contributed by atoms with Crippen LogP contribution in [0.4, 0.5) is 11.4 Å². The van der Waals surface area contributed by atoms with Crippen LogP contribution in [-0.4, -0.2) is 17.0 Å². The van der Waals surface area contributed by atoms with Crippen LogP contribution in [0, 0.1) is 0 Å². The van der Waals surface area contributed by atoms with Crippen LogP contribution in [0.5, 0.6) is 0 Å². The largest absolute Gasteiger partial charge is 0.478 e. The number of carbonyl (C=O) groups is 2. The topological polar surface area (TPSA) is 91.6 Å². The van der Waals surface area contributed by atoms with Crippen LogP contribution < -0.4 is 10.6 Å². The Morgan fingerprint density at radius 1 is 1.24 bits per heavy atom. The van der Waals surface area contributed by atoms with Crippen LogP contribution in [0.2, 0.25) is 0 Å². The summed E-state index contributed by atoms with van der Waals surface area (Å²) in [5.74, 6) is -0.547. The van der Waals surface area contributed by atoms with E-state index in [1.165, 1.54) is 12.3 Å². The van der Waals surface area contributed by atoms with Crippen LogP contribution in [0.25, 0.3) is 0 Å². The SMILES string of the molecule is CCC(=O)Nc1cccc(NCc2cc(C(=O)O)co2)c1. The van der Waals surface area contributed by atoms with Crippen LogP contribution in [0.3, 0.4) is 0 Å². The highest BCUT2D eigenvalue weighted by atomic mass is 16.4. The molecule has 1 heterocycles. The van der Waals surface area contributed by atoms with Crippen molar-refractivity contribution >= 4 is 23.3 Å².